The van der Waals surface area contributed by atoms with Gasteiger partial charge in [0, 0.05) is 4.47 Å². The number of hydrogen-bond donors (Lipinski definition) is 0. The van der Waals surface area contributed by atoms with Crippen LogP contribution in [0.25, 0.3) is 0 Å². The Hall–Kier alpha value is -0.650. The van der Waals surface area contributed by atoms with E-state index in [1.807, 2.05) is 38.1 Å². The lowest BCUT2D eigenvalue weighted by Crippen LogP contribution is -2.01. The molecule has 0 saturated carbocycles. The van der Waals surface area contributed by atoms with Crippen LogP contribution >= 0.6 is 43.5 Å². The molecule has 6 heteroatoms. The summed E-state index contributed by atoms with van der Waals surface area (Å²) in [5.41, 5.74) is 0.866. The van der Waals surface area contributed by atoms with Crippen molar-refractivity contribution >= 4 is 43.5 Å². The molecule has 1 aromatic carbocycles. The van der Waals surface area contributed by atoms with Gasteiger partial charge in [0.15, 0.2) is 16.2 Å². The Morgan fingerprint density at radius 3 is 2.24 bits per heavy atom. The van der Waals surface area contributed by atoms with E-state index in [2.05, 4.69) is 31.9 Å². The molecule has 1 aromatic heterocycles. The molecular formula is C15H15Br2ClO3. The molecular weight excluding hydrogens is 423 g/mol. The van der Waals surface area contributed by atoms with Crippen LogP contribution in [-0.4, -0.2) is 13.2 Å². The van der Waals surface area contributed by atoms with Crippen LogP contribution in [0.4, 0.5) is 0 Å². The molecule has 3 nitrogen and oxygen atoms in total. The molecule has 0 spiro atoms. The molecule has 0 aliphatic carbocycles. The van der Waals surface area contributed by atoms with Crippen LogP contribution in [0.5, 0.6) is 11.5 Å². The maximum Gasteiger partial charge on any atom is 0.169 e. The molecule has 1 unspecified atom stereocenters. The van der Waals surface area contributed by atoms with Crippen molar-refractivity contribution in [1.82, 2.24) is 0 Å². The molecule has 0 bridgehead atoms. The maximum absolute atomic E-state index is 6.51. The van der Waals surface area contributed by atoms with Gasteiger partial charge >= 0.3 is 0 Å². The van der Waals surface area contributed by atoms with E-state index < -0.39 is 5.38 Å². The van der Waals surface area contributed by atoms with Gasteiger partial charge in [-0.15, -0.1) is 11.6 Å². The van der Waals surface area contributed by atoms with Gasteiger partial charge in [0.2, 0.25) is 0 Å². The highest BCUT2D eigenvalue weighted by atomic mass is 79.9. The van der Waals surface area contributed by atoms with Crippen molar-refractivity contribution in [3.05, 3.63) is 44.7 Å². The van der Waals surface area contributed by atoms with Gasteiger partial charge in [0.25, 0.3) is 0 Å². The SMILES string of the molecule is CCOc1cc(Br)c(C(Cl)c2ccc(Br)o2)cc1OCC. The second-order valence-electron chi connectivity index (χ2n) is 4.19. The summed E-state index contributed by atoms with van der Waals surface area (Å²) in [5.74, 6) is 2.03. The van der Waals surface area contributed by atoms with Crippen molar-refractivity contribution in [3.63, 3.8) is 0 Å². The number of rotatable bonds is 6. The Bertz CT molecular complexity index is 613. The molecule has 1 heterocycles. The summed E-state index contributed by atoms with van der Waals surface area (Å²) in [7, 11) is 0. The second-order valence-corrected chi connectivity index (χ2v) is 6.26. The minimum absolute atomic E-state index is 0.416. The van der Waals surface area contributed by atoms with E-state index in [0.717, 1.165) is 10.0 Å². The Kier molecular flexibility index (Phi) is 6.02. The molecule has 0 N–H and O–H groups in total. The van der Waals surface area contributed by atoms with Gasteiger partial charge in [-0.05, 0) is 59.6 Å². The lowest BCUT2D eigenvalue weighted by molar-refractivity contribution is 0.287. The van der Waals surface area contributed by atoms with Crippen LogP contribution < -0.4 is 9.47 Å². The third kappa shape index (κ3) is 3.96. The van der Waals surface area contributed by atoms with Gasteiger partial charge in [-0.2, -0.15) is 0 Å². The van der Waals surface area contributed by atoms with E-state index in [0.29, 0.717) is 35.1 Å². The fourth-order valence-corrected chi connectivity index (χ4v) is 3.20. The number of alkyl halides is 1. The lowest BCUT2D eigenvalue weighted by Gasteiger charge is -2.16. The van der Waals surface area contributed by atoms with Crippen LogP contribution in [0.1, 0.15) is 30.5 Å². The number of furan rings is 1. The lowest BCUT2D eigenvalue weighted by atomic mass is 10.1. The van der Waals surface area contributed by atoms with Crippen molar-refractivity contribution in [2.45, 2.75) is 19.2 Å². The average molecular weight is 439 g/mol. The first-order valence-electron chi connectivity index (χ1n) is 6.55. The minimum atomic E-state index is -0.416. The third-order valence-electron chi connectivity index (χ3n) is 2.78. The van der Waals surface area contributed by atoms with E-state index in [1.165, 1.54) is 0 Å². The van der Waals surface area contributed by atoms with E-state index in [-0.39, 0.29) is 0 Å². The van der Waals surface area contributed by atoms with Crippen LogP contribution in [-0.2, 0) is 0 Å². The van der Waals surface area contributed by atoms with Crippen molar-refractivity contribution in [2.75, 3.05) is 13.2 Å². The normalized spacial score (nSPS) is 12.2. The first-order valence-corrected chi connectivity index (χ1v) is 8.57. The van der Waals surface area contributed by atoms with E-state index in [9.17, 15) is 0 Å². The molecule has 114 valence electrons. The van der Waals surface area contributed by atoms with Gasteiger partial charge < -0.3 is 13.9 Å². The van der Waals surface area contributed by atoms with Gasteiger partial charge in [-0.1, -0.05) is 15.9 Å². The van der Waals surface area contributed by atoms with E-state index in [4.69, 9.17) is 25.5 Å². The topological polar surface area (TPSA) is 31.6 Å². The standard InChI is InChI=1S/C15H15Br2ClO3/c1-3-19-12-7-9(10(16)8-13(12)20-4-2)15(18)11-5-6-14(17)21-11/h5-8,15H,3-4H2,1-2H3. The number of halogens is 3. The fourth-order valence-electron chi connectivity index (χ4n) is 1.90. The summed E-state index contributed by atoms with van der Waals surface area (Å²) in [5, 5.41) is -0.416. The van der Waals surface area contributed by atoms with Crippen LogP contribution in [0.3, 0.4) is 0 Å². The molecule has 1 atom stereocenters. The summed E-state index contributed by atoms with van der Waals surface area (Å²) >= 11 is 13.3. The largest absolute Gasteiger partial charge is 0.490 e. The Morgan fingerprint density at radius 1 is 1.10 bits per heavy atom. The molecule has 0 aliphatic rings. The summed E-state index contributed by atoms with van der Waals surface area (Å²) in [6.45, 7) is 4.99. The summed E-state index contributed by atoms with van der Waals surface area (Å²) in [4.78, 5) is 0. The predicted octanol–water partition coefficient (Wildman–Crippen LogP) is 5.93. The van der Waals surface area contributed by atoms with Gasteiger partial charge in [0.05, 0.1) is 13.2 Å². The zero-order valence-corrected chi connectivity index (χ0v) is 15.6. The predicted molar refractivity (Wildman–Crippen MR) is 90.6 cm³/mol. The molecule has 0 aliphatic heterocycles. The third-order valence-corrected chi connectivity index (χ3v) is 4.34. The van der Waals surface area contributed by atoms with E-state index in [1.54, 1.807) is 0 Å². The van der Waals surface area contributed by atoms with Crippen LogP contribution in [0.15, 0.2) is 37.8 Å². The average Bonchev–Trinajstić information content (AvgIpc) is 2.88. The number of hydrogen-bond acceptors (Lipinski definition) is 3. The van der Waals surface area contributed by atoms with Crippen molar-refractivity contribution in [3.8, 4) is 11.5 Å². The molecule has 2 aromatic rings. The molecule has 21 heavy (non-hydrogen) atoms. The highest BCUT2D eigenvalue weighted by Crippen LogP contribution is 2.41. The Balaban J connectivity index is 2.40. The van der Waals surface area contributed by atoms with E-state index >= 15 is 0 Å². The van der Waals surface area contributed by atoms with Gasteiger partial charge in [-0.25, -0.2) is 0 Å². The first-order chi connectivity index (χ1) is 10.1. The Labute approximate surface area is 145 Å². The molecule has 2 rings (SSSR count). The van der Waals surface area contributed by atoms with Gasteiger partial charge in [-0.3, -0.25) is 0 Å². The number of benzene rings is 1. The van der Waals surface area contributed by atoms with Crippen molar-refractivity contribution in [2.24, 2.45) is 0 Å². The zero-order valence-electron chi connectivity index (χ0n) is 11.7. The smallest absolute Gasteiger partial charge is 0.169 e. The summed E-state index contributed by atoms with van der Waals surface area (Å²) in [6, 6.07) is 7.41. The summed E-state index contributed by atoms with van der Waals surface area (Å²) < 4.78 is 18.2. The molecule has 0 fully saturated rings. The highest BCUT2D eigenvalue weighted by molar-refractivity contribution is 9.10. The van der Waals surface area contributed by atoms with Crippen molar-refractivity contribution in [1.29, 1.82) is 0 Å². The summed E-state index contributed by atoms with van der Waals surface area (Å²) in [6.07, 6.45) is 0. The Morgan fingerprint density at radius 2 is 1.71 bits per heavy atom. The first kappa shape index (κ1) is 16.7. The maximum atomic E-state index is 6.51. The minimum Gasteiger partial charge on any atom is -0.490 e. The van der Waals surface area contributed by atoms with Crippen molar-refractivity contribution < 1.29 is 13.9 Å². The van der Waals surface area contributed by atoms with Gasteiger partial charge in [0.1, 0.15) is 11.1 Å². The quantitative estimate of drug-likeness (QED) is 0.524. The second kappa shape index (κ2) is 7.56. The highest BCUT2D eigenvalue weighted by Gasteiger charge is 2.20. The molecule has 0 saturated heterocycles. The number of ether oxygens (including phenoxy) is 2. The molecule has 0 amide bonds. The zero-order chi connectivity index (χ0) is 15.4. The monoisotopic (exact) mass is 436 g/mol. The van der Waals surface area contributed by atoms with Crippen LogP contribution in [0.2, 0.25) is 0 Å². The molecule has 0 radical (unpaired) electrons. The van der Waals surface area contributed by atoms with Crippen LogP contribution in [0, 0.1) is 0 Å². The fraction of sp³-hybridized carbons (Fsp3) is 0.333.